The Balaban J connectivity index is 1.98. The number of rotatable bonds is 3. The van der Waals surface area contributed by atoms with Crippen LogP contribution in [0.4, 0.5) is 5.69 Å². The molecule has 1 saturated heterocycles. The van der Waals surface area contributed by atoms with E-state index in [1.807, 2.05) is 13.0 Å². The Morgan fingerprint density at radius 3 is 3.00 bits per heavy atom. The zero-order valence-electron chi connectivity index (χ0n) is 9.80. The van der Waals surface area contributed by atoms with Crippen LogP contribution in [0.1, 0.15) is 18.4 Å². The van der Waals surface area contributed by atoms with Crippen molar-refractivity contribution in [3.05, 3.63) is 21.9 Å². The summed E-state index contributed by atoms with van der Waals surface area (Å²) in [6.07, 6.45) is 2.34. The number of pyridine rings is 1. The van der Waals surface area contributed by atoms with Gasteiger partial charge in [0.1, 0.15) is 5.15 Å². The van der Waals surface area contributed by atoms with E-state index in [1.54, 1.807) is 0 Å². The van der Waals surface area contributed by atoms with Crippen molar-refractivity contribution in [2.45, 2.75) is 19.8 Å². The van der Waals surface area contributed by atoms with Gasteiger partial charge in [-0.15, -0.1) is 0 Å². The van der Waals surface area contributed by atoms with Gasteiger partial charge in [0.15, 0.2) is 5.15 Å². The number of nitrogens with one attached hydrogen (secondary N) is 1. The molecule has 17 heavy (non-hydrogen) atoms. The highest BCUT2D eigenvalue weighted by atomic mass is 35.5. The van der Waals surface area contributed by atoms with E-state index in [9.17, 15) is 0 Å². The van der Waals surface area contributed by atoms with Gasteiger partial charge in [0.2, 0.25) is 0 Å². The number of nitrogens with zero attached hydrogens (tertiary/aromatic N) is 1. The van der Waals surface area contributed by atoms with E-state index >= 15 is 0 Å². The number of hydrogen-bond donors (Lipinski definition) is 1. The van der Waals surface area contributed by atoms with Gasteiger partial charge in [0.05, 0.1) is 12.3 Å². The first-order valence-electron chi connectivity index (χ1n) is 5.81. The number of halogens is 2. The molecule has 2 rings (SSSR count). The van der Waals surface area contributed by atoms with Crippen LogP contribution >= 0.6 is 23.2 Å². The minimum Gasteiger partial charge on any atom is -0.382 e. The lowest BCUT2D eigenvalue weighted by Gasteiger charge is -2.23. The van der Waals surface area contributed by atoms with Gasteiger partial charge in [-0.05, 0) is 37.3 Å². The van der Waals surface area contributed by atoms with E-state index in [1.165, 1.54) is 6.42 Å². The van der Waals surface area contributed by atoms with Crippen molar-refractivity contribution in [3.63, 3.8) is 0 Å². The Bertz CT molecular complexity index is 369. The normalized spacial score (nSPS) is 20.3. The predicted molar refractivity (Wildman–Crippen MR) is 71.0 cm³/mol. The lowest BCUT2D eigenvalue weighted by Crippen LogP contribution is -2.24. The predicted octanol–water partition coefficient (Wildman–Crippen LogP) is 3.54. The maximum absolute atomic E-state index is 6.06. The molecule has 1 aliphatic heterocycles. The Hall–Kier alpha value is -0.510. The molecule has 0 aromatic carbocycles. The lowest BCUT2D eigenvalue weighted by molar-refractivity contribution is 0.0595. The van der Waals surface area contributed by atoms with Gasteiger partial charge in [0, 0.05) is 13.2 Å². The lowest BCUT2D eigenvalue weighted by atomic mass is 10.0. The highest BCUT2D eigenvalue weighted by molar-refractivity contribution is 6.34. The van der Waals surface area contributed by atoms with Gasteiger partial charge in [0.25, 0.3) is 0 Å². The summed E-state index contributed by atoms with van der Waals surface area (Å²) in [6.45, 7) is 4.55. The van der Waals surface area contributed by atoms with E-state index in [0.717, 1.165) is 37.4 Å². The zero-order valence-corrected chi connectivity index (χ0v) is 11.3. The van der Waals surface area contributed by atoms with Gasteiger partial charge in [-0.3, -0.25) is 0 Å². The number of ether oxygens (including phenoxy) is 1. The molecule has 0 bridgehead atoms. The summed E-state index contributed by atoms with van der Waals surface area (Å²) in [4.78, 5) is 4.04. The summed E-state index contributed by atoms with van der Waals surface area (Å²) in [5.41, 5.74) is 1.90. The molecular weight excluding hydrogens is 259 g/mol. The molecule has 0 aliphatic carbocycles. The van der Waals surface area contributed by atoms with E-state index in [2.05, 4.69) is 10.3 Å². The number of hydrogen-bond acceptors (Lipinski definition) is 3. The molecule has 2 heterocycles. The van der Waals surface area contributed by atoms with Crippen LogP contribution in [-0.4, -0.2) is 24.7 Å². The fraction of sp³-hybridized carbons (Fsp3) is 0.583. The SMILES string of the molecule is Cc1cc(Cl)nc(Cl)c1NCC1CCCOC1. The fourth-order valence-corrected chi connectivity index (χ4v) is 2.62. The summed E-state index contributed by atoms with van der Waals surface area (Å²) in [5, 5.41) is 4.21. The van der Waals surface area contributed by atoms with E-state index in [0.29, 0.717) is 16.2 Å². The molecule has 1 fully saturated rings. The molecule has 1 aromatic rings. The topological polar surface area (TPSA) is 34.2 Å². The molecule has 1 aromatic heterocycles. The van der Waals surface area contributed by atoms with Gasteiger partial charge >= 0.3 is 0 Å². The summed E-state index contributed by atoms with van der Waals surface area (Å²) < 4.78 is 5.44. The number of aryl methyl sites for hydroxylation is 1. The van der Waals surface area contributed by atoms with Crippen LogP contribution in [-0.2, 0) is 4.74 Å². The van der Waals surface area contributed by atoms with Crippen LogP contribution in [0.25, 0.3) is 0 Å². The molecule has 0 saturated carbocycles. The van der Waals surface area contributed by atoms with Crippen LogP contribution in [0.3, 0.4) is 0 Å². The fourth-order valence-electron chi connectivity index (χ4n) is 2.02. The second kappa shape index (κ2) is 5.89. The summed E-state index contributed by atoms with van der Waals surface area (Å²) in [5.74, 6) is 0.551. The maximum atomic E-state index is 6.06. The number of anilines is 1. The smallest absolute Gasteiger partial charge is 0.154 e. The average Bonchev–Trinajstić information content (AvgIpc) is 2.29. The Labute approximate surface area is 111 Å². The molecule has 1 unspecified atom stereocenters. The standard InChI is InChI=1S/C12H16Cl2N2O/c1-8-5-10(13)16-12(14)11(8)15-6-9-3-2-4-17-7-9/h5,9,15H,2-4,6-7H2,1H3. The second-order valence-corrected chi connectivity index (χ2v) is 5.14. The van der Waals surface area contributed by atoms with Crippen molar-refractivity contribution < 1.29 is 4.74 Å². The number of aromatic nitrogens is 1. The molecule has 5 heteroatoms. The Morgan fingerprint density at radius 1 is 1.53 bits per heavy atom. The average molecular weight is 275 g/mol. The van der Waals surface area contributed by atoms with Gasteiger partial charge in [-0.25, -0.2) is 4.98 Å². The molecule has 0 radical (unpaired) electrons. The van der Waals surface area contributed by atoms with Crippen LogP contribution in [0, 0.1) is 12.8 Å². The quantitative estimate of drug-likeness (QED) is 0.857. The highest BCUT2D eigenvalue weighted by Gasteiger charge is 2.15. The van der Waals surface area contributed by atoms with Crippen molar-refractivity contribution >= 4 is 28.9 Å². The summed E-state index contributed by atoms with van der Waals surface area (Å²) >= 11 is 11.9. The third-order valence-corrected chi connectivity index (χ3v) is 3.43. The largest absolute Gasteiger partial charge is 0.382 e. The summed E-state index contributed by atoms with van der Waals surface area (Å²) in [6, 6.07) is 1.81. The zero-order chi connectivity index (χ0) is 12.3. The molecular formula is C12H16Cl2N2O. The monoisotopic (exact) mass is 274 g/mol. The van der Waals surface area contributed by atoms with Crippen molar-refractivity contribution in [1.82, 2.24) is 4.98 Å². The van der Waals surface area contributed by atoms with E-state index < -0.39 is 0 Å². The molecule has 0 spiro atoms. The summed E-state index contributed by atoms with van der Waals surface area (Å²) in [7, 11) is 0. The Kier molecular flexibility index (Phi) is 4.48. The molecule has 1 atom stereocenters. The minimum absolute atomic E-state index is 0.430. The van der Waals surface area contributed by atoms with Gasteiger partial charge in [-0.1, -0.05) is 23.2 Å². The molecule has 1 N–H and O–H groups in total. The molecule has 94 valence electrons. The van der Waals surface area contributed by atoms with Gasteiger partial charge in [-0.2, -0.15) is 0 Å². The minimum atomic E-state index is 0.430. The van der Waals surface area contributed by atoms with Crippen molar-refractivity contribution in [2.24, 2.45) is 5.92 Å². The first-order chi connectivity index (χ1) is 8.16. The van der Waals surface area contributed by atoms with Crippen LogP contribution < -0.4 is 5.32 Å². The first-order valence-corrected chi connectivity index (χ1v) is 6.56. The molecule has 3 nitrogen and oxygen atoms in total. The van der Waals surface area contributed by atoms with Crippen molar-refractivity contribution in [2.75, 3.05) is 25.1 Å². The Morgan fingerprint density at radius 2 is 2.35 bits per heavy atom. The highest BCUT2D eigenvalue weighted by Crippen LogP contribution is 2.27. The maximum Gasteiger partial charge on any atom is 0.154 e. The van der Waals surface area contributed by atoms with Crippen LogP contribution in [0.2, 0.25) is 10.3 Å². The third kappa shape index (κ3) is 3.47. The van der Waals surface area contributed by atoms with Gasteiger partial charge < -0.3 is 10.1 Å². The van der Waals surface area contributed by atoms with Crippen LogP contribution in [0.5, 0.6) is 0 Å². The van der Waals surface area contributed by atoms with E-state index in [-0.39, 0.29) is 0 Å². The van der Waals surface area contributed by atoms with E-state index in [4.69, 9.17) is 27.9 Å². The second-order valence-electron chi connectivity index (χ2n) is 4.39. The third-order valence-electron chi connectivity index (χ3n) is 2.96. The first kappa shape index (κ1) is 12.9. The van der Waals surface area contributed by atoms with Crippen molar-refractivity contribution in [3.8, 4) is 0 Å². The van der Waals surface area contributed by atoms with Crippen molar-refractivity contribution in [1.29, 1.82) is 0 Å². The van der Waals surface area contributed by atoms with Crippen LogP contribution in [0.15, 0.2) is 6.07 Å². The molecule has 1 aliphatic rings. The molecule has 0 amide bonds.